The molecule has 38 heavy (non-hydrogen) atoms. The van der Waals surface area contributed by atoms with Crippen LogP contribution in [0.5, 0.6) is 0 Å². The Bertz CT molecular complexity index is 1590. The van der Waals surface area contributed by atoms with Crippen molar-refractivity contribution in [1.29, 1.82) is 0 Å². The lowest BCUT2D eigenvalue weighted by molar-refractivity contribution is -0.140. The molecule has 1 atom stereocenters. The molecule has 13 heteroatoms. The van der Waals surface area contributed by atoms with E-state index in [0.717, 1.165) is 9.54 Å². The van der Waals surface area contributed by atoms with Gasteiger partial charge in [0.05, 0.1) is 4.90 Å². The van der Waals surface area contributed by atoms with Crippen LogP contribution in [0, 0.1) is 6.92 Å². The van der Waals surface area contributed by atoms with E-state index in [1.807, 2.05) is 12.2 Å². The zero-order valence-electron chi connectivity index (χ0n) is 20.7. The van der Waals surface area contributed by atoms with E-state index in [2.05, 4.69) is 20.3 Å². The number of carbonyl (C=O) groups excluding carboxylic acids is 1. The largest absolute Gasteiger partial charge is 0.405 e. The van der Waals surface area contributed by atoms with E-state index in [9.17, 15) is 26.4 Å². The van der Waals surface area contributed by atoms with Crippen LogP contribution in [0.3, 0.4) is 0 Å². The smallest absolute Gasteiger partial charge is 0.356 e. The van der Waals surface area contributed by atoms with Gasteiger partial charge in [-0.15, -0.1) is 0 Å². The van der Waals surface area contributed by atoms with Crippen molar-refractivity contribution in [3.8, 4) is 11.4 Å². The Morgan fingerprint density at radius 1 is 1.05 bits per heavy atom. The number of fused-ring (bicyclic) bond motifs is 1. The maximum Gasteiger partial charge on any atom is 0.405 e. The summed E-state index contributed by atoms with van der Waals surface area (Å²) in [5.41, 5.74) is 0.0485. The van der Waals surface area contributed by atoms with E-state index in [-0.39, 0.29) is 28.6 Å². The highest BCUT2D eigenvalue weighted by Crippen LogP contribution is 2.31. The summed E-state index contributed by atoms with van der Waals surface area (Å²) in [6.45, 7) is 3.50. The van der Waals surface area contributed by atoms with E-state index >= 15 is 0 Å². The summed E-state index contributed by atoms with van der Waals surface area (Å²) in [4.78, 5) is 25.6. The number of pyridine rings is 1. The van der Waals surface area contributed by atoms with Gasteiger partial charge in [0, 0.05) is 29.5 Å². The lowest BCUT2D eigenvalue weighted by atomic mass is 9.97. The zero-order chi connectivity index (χ0) is 27.7. The van der Waals surface area contributed by atoms with Crippen molar-refractivity contribution < 1.29 is 26.4 Å². The van der Waals surface area contributed by atoms with Gasteiger partial charge in [-0.1, -0.05) is 24.6 Å². The Labute approximate surface area is 217 Å². The number of nitrogens with one attached hydrogen (secondary N) is 2. The van der Waals surface area contributed by atoms with Crippen molar-refractivity contribution in [1.82, 2.24) is 24.2 Å². The molecular weight excluding hydrogens is 521 g/mol. The molecule has 0 fully saturated rings. The molecule has 1 aromatic carbocycles. The first kappa shape index (κ1) is 27.0. The second kappa shape index (κ2) is 10.0. The predicted octanol–water partition coefficient (Wildman–Crippen LogP) is 4.30. The zero-order valence-corrected chi connectivity index (χ0v) is 21.6. The van der Waals surface area contributed by atoms with Gasteiger partial charge in [0.2, 0.25) is 5.91 Å². The van der Waals surface area contributed by atoms with Crippen molar-refractivity contribution >= 4 is 32.8 Å². The monoisotopic (exact) mass is 546 g/mol. The highest BCUT2D eigenvalue weighted by molar-refractivity contribution is 7.90. The number of aromatic nitrogens is 4. The van der Waals surface area contributed by atoms with E-state index in [0.29, 0.717) is 10.9 Å². The van der Waals surface area contributed by atoms with Gasteiger partial charge in [-0.25, -0.2) is 27.3 Å². The van der Waals surface area contributed by atoms with Crippen molar-refractivity contribution in [3.05, 3.63) is 66.6 Å². The number of halogens is 3. The van der Waals surface area contributed by atoms with Crippen molar-refractivity contribution in [2.24, 2.45) is 0 Å². The fraction of sp³-hybridized carbons (Fsp3) is 0.280. The number of hydrogen-bond donors (Lipinski definition) is 2. The molecule has 0 aliphatic carbocycles. The summed E-state index contributed by atoms with van der Waals surface area (Å²) in [6, 6.07) is 11.2. The number of amides is 1. The first-order valence-corrected chi connectivity index (χ1v) is 13.0. The first-order chi connectivity index (χ1) is 17.8. The van der Waals surface area contributed by atoms with Crippen LogP contribution >= 0.6 is 0 Å². The minimum atomic E-state index is -4.55. The summed E-state index contributed by atoms with van der Waals surface area (Å²) in [5, 5.41) is 5.27. The van der Waals surface area contributed by atoms with Crippen LogP contribution in [0.1, 0.15) is 25.8 Å². The number of alkyl halides is 3. The molecule has 0 radical (unpaired) electrons. The number of benzene rings is 1. The topological polar surface area (TPSA) is 119 Å². The van der Waals surface area contributed by atoms with Gasteiger partial charge < -0.3 is 10.6 Å². The van der Waals surface area contributed by atoms with Crippen LogP contribution in [0.25, 0.3) is 22.4 Å². The summed E-state index contributed by atoms with van der Waals surface area (Å²) < 4.78 is 65.8. The van der Waals surface area contributed by atoms with Crippen molar-refractivity contribution in [3.63, 3.8) is 0 Å². The van der Waals surface area contributed by atoms with Gasteiger partial charge >= 0.3 is 6.18 Å². The summed E-state index contributed by atoms with van der Waals surface area (Å²) in [5.74, 6) is -0.532. The minimum absolute atomic E-state index is 0.0807. The number of nitrogens with zero attached hydrogens (tertiary/aromatic N) is 4. The minimum Gasteiger partial charge on any atom is -0.356 e. The Kier molecular flexibility index (Phi) is 7.15. The molecule has 9 nitrogen and oxygen atoms in total. The summed E-state index contributed by atoms with van der Waals surface area (Å²) in [6.07, 6.45) is -0.136. The van der Waals surface area contributed by atoms with Gasteiger partial charge in [0.1, 0.15) is 17.9 Å². The second-order valence-corrected chi connectivity index (χ2v) is 10.7. The molecule has 200 valence electrons. The quantitative estimate of drug-likeness (QED) is 0.338. The first-order valence-electron chi connectivity index (χ1n) is 11.6. The fourth-order valence-corrected chi connectivity index (χ4v) is 5.06. The molecule has 0 unspecified atom stereocenters. The van der Waals surface area contributed by atoms with Crippen LogP contribution in [-0.2, 0) is 14.8 Å². The second-order valence-electron chi connectivity index (χ2n) is 8.91. The third-order valence-electron chi connectivity index (χ3n) is 6.07. The Morgan fingerprint density at radius 3 is 2.42 bits per heavy atom. The van der Waals surface area contributed by atoms with Gasteiger partial charge in [0.15, 0.2) is 11.5 Å². The maximum atomic E-state index is 13.4. The summed E-state index contributed by atoms with van der Waals surface area (Å²) >= 11 is 0. The molecule has 4 rings (SSSR count). The van der Waals surface area contributed by atoms with Crippen molar-refractivity contribution in [2.75, 3.05) is 11.9 Å². The Morgan fingerprint density at radius 2 is 1.76 bits per heavy atom. The highest BCUT2D eigenvalue weighted by atomic mass is 32.2. The molecule has 4 aromatic rings. The number of anilines is 1. The summed E-state index contributed by atoms with van der Waals surface area (Å²) in [7, 11) is -4.00. The average molecular weight is 547 g/mol. The molecule has 0 saturated carbocycles. The number of carbonyl (C=O) groups is 1. The third kappa shape index (κ3) is 5.47. The molecule has 0 aliphatic heterocycles. The Balaban J connectivity index is 1.72. The molecular formula is C25H25F3N6O3S. The molecule has 0 saturated heterocycles. The predicted molar refractivity (Wildman–Crippen MR) is 136 cm³/mol. The standard InChI is InChI=1S/C25H25F3N6O3S/c1-4-24(3,23(35)31-15-25(26,27)28)33-20-11-13-29-21(32-20)19-14-34(22-18(19)6-5-12-30-22)38(36,37)17-9-7-16(2)8-10-17/h5-14H,4,15H2,1-3H3,(H,31,35)(H,29,32,33)/t24-/m1/s1. The van der Waals surface area contributed by atoms with Gasteiger partial charge in [-0.3, -0.25) is 4.79 Å². The van der Waals surface area contributed by atoms with Crippen molar-refractivity contribution in [2.45, 2.75) is 43.8 Å². The van der Waals surface area contributed by atoms with E-state index in [1.54, 1.807) is 31.2 Å². The maximum absolute atomic E-state index is 13.4. The fourth-order valence-electron chi connectivity index (χ4n) is 3.74. The number of aryl methyl sites for hydroxylation is 1. The van der Waals surface area contributed by atoms with E-state index in [4.69, 9.17) is 0 Å². The average Bonchev–Trinajstić information content (AvgIpc) is 3.28. The van der Waals surface area contributed by atoms with Crippen LogP contribution in [0.4, 0.5) is 19.0 Å². The molecule has 0 bridgehead atoms. The molecule has 3 aromatic heterocycles. The van der Waals surface area contributed by atoms with Crippen LogP contribution in [-0.4, -0.2) is 51.5 Å². The van der Waals surface area contributed by atoms with Crippen LogP contribution in [0.15, 0.2) is 66.0 Å². The van der Waals surface area contributed by atoms with Gasteiger partial charge in [-0.2, -0.15) is 13.2 Å². The molecule has 3 heterocycles. The lowest BCUT2D eigenvalue weighted by Crippen LogP contribution is -2.52. The third-order valence-corrected chi connectivity index (χ3v) is 7.73. The van der Waals surface area contributed by atoms with E-state index < -0.39 is 34.2 Å². The number of hydrogen-bond acceptors (Lipinski definition) is 7. The van der Waals surface area contributed by atoms with Gasteiger partial charge in [-0.05, 0) is 50.6 Å². The SMILES string of the molecule is CC[C@@](C)(Nc1ccnc(-c2cn(S(=O)(=O)c3ccc(C)cc3)c3ncccc23)n1)C(=O)NCC(F)(F)F. The molecule has 1 amide bonds. The molecule has 2 N–H and O–H groups in total. The normalized spacial score (nSPS) is 13.7. The molecule has 0 aliphatic rings. The lowest BCUT2D eigenvalue weighted by Gasteiger charge is -2.29. The Hall–Kier alpha value is -4.00. The molecule has 0 spiro atoms. The van der Waals surface area contributed by atoms with Crippen LogP contribution in [0.2, 0.25) is 0 Å². The van der Waals surface area contributed by atoms with Gasteiger partial charge in [0.25, 0.3) is 10.0 Å². The van der Waals surface area contributed by atoms with E-state index in [1.165, 1.54) is 43.7 Å². The highest BCUT2D eigenvalue weighted by Gasteiger charge is 2.35. The number of rotatable bonds is 8. The van der Waals surface area contributed by atoms with Crippen LogP contribution < -0.4 is 10.6 Å².